The lowest BCUT2D eigenvalue weighted by molar-refractivity contribution is 0.308. The summed E-state index contributed by atoms with van der Waals surface area (Å²) in [5.41, 5.74) is 5.40. The highest BCUT2D eigenvalue weighted by Gasteiger charge is 2.14. The summed E-state index contributed by atoms with van der Waals surface area (Å²) in [6.07, 6.45) is 0. The summed E-state index contributed by atoms with van der Waals surface area (Å²) in [4.78, 5) is 7.62. The average molecular weight is 185 g/mol. The topological polar surface area (TPSA) is 79.5 Å². The number of ether oxygens (including phenoxy) is 3. The zero-order chi connectivity index (χ0) is 9.84. The molecule has 0 atom stereocenters. The fourth-order valence-corrected chi connectivity index (χ4v) is 0.877. The third-order valence-corrected chi connectivity index (χ3v) is 1.41. The van der Waals surface area contributed by atoms with Gasteiger partial charge in [0.1, 0.15) is 0 Å². The molecule has 72 valence electrons. The Labute approximate surface area is 75.6 Å². The normalized spacial score (nSPS) is 9.46. The van der Waals surface area contributed by atoms with Crippen molar-refractivity contribution in [3.05, 3.63) is 0 Å². The van der Waals surface area contributed by atoms with Crippen LogP contribution in [0.3, 0.4) is 0 Å². The molecule has 6 nitrogen and oxygen atoms in total. The summed E-state index contributed by atoms with van der Waals surface area (Å²) >= 11 is 0. The number of hydrogen-bond donors (Lipinski definition) is 1. The van der Waals surface area contributed by atoms with Crippen molar-refractivity contribution in [1.82, 2.24) is 9.97 Å². The van der Waals surface area contributed by atoms with E-state index in [0.717, 1.165) is 0 Å². The molecule has 0 unspecified atom stereocenters. The maximum Gasteiger partial charge on any atom is 0.265 e. The van der Waals surface area contributed by atoms with Crippen LogP contribution in [0.15, 0.2) is 0 Å². The lowest BCUT2D eigenvalue weighted by Gasteiger charge is -2.09. The highest BCUT2D eigenvalue weighted by molar-refractivity contribution is 5.46. The number of nitrogens with two attached hydrogens (primary N) is 1. The van der Waals surface area contributed by atoms with E-state index in [1.54, 1.807) is 0 Å². The third-order valence-electron chi connectivity index (χ3n) is 1.41. The van der Waals surface area contributed by atoms with Gasteiger partial charge in [0.15, 0.2) is 0 Å². The maximum atomic E-state index is 5.40. The van der Waals surface area contributed by atoms with Gasteiger partial charge in [-0.15, -0.1) is 0 Å². The van der Waals surface area contributed by atoms with Gasteiger partial charge in [-0.05, 0) is 0 Å². The largest absolute Gasteiger partial charge is 0.487 e. The Morgan fingerprint density at radius 1 is 0.923 bits per heavy atom. The quantitative estimate of drug-likeness (QED) is 0.718. The van der Waals surface area contributed by atoms with E-state index in [2.05, 4.69) is 9.97 Å². The van der Waals surface area contributed by atoms with Crippen LogP contribution in [-0.4, -0.2) is 31.3 Å². The van der Waals surface area contributed by atoms with Gasteiger partial charge in [0.2, 0.25) is 11.7 Å². The Hall–Kier alpha value is -1.72. The SMILES string of the molecule is COc1nc(N)nc(OC)c1OC. The highest BCUT2D eigenvalue weighted by atomic mass is 16.5. The third kappa shape index (κ3) is 1.71. The summed E-state index contributed by atoms with van der Waals surface area (Å²) < 4.78 is 14.8. The second-order valence-corrected chi connectivity index (χ2v) is 2.13. The molecular formula is C7H11N3O3. The summed E-state index contributed by atoms with van der Waals surface area (Å²) in [6.45, 7) is 0. The van der Waals surface area contributed by atoms with Crippen LogP contribution in [0, 0.1) is 0 Å². The first-order valence-corrected chi connectivity index (χ1v) is 3.52. The van der Waals surface area contributed by atoms with Crippen molar-refractivity contribution in [3.8, 4) is 17.5 Å². The van der Waals surface area contributed by atoms with E-state index < -0.39 is 0 Å². The standard InChI is InChI=1S/C7H11N3O3/c1-11-4-5(12-2)9-7(8)10-6(4)13-3/h1-3H3,(H2,8,9,10). The molecule has 1 aromatic rings. The number of hydrogen-bond acceptors (Lipinski definition) is 6. The molecule has 0 aromatic carbocycles. The minimum Gasteiger partial charge on any atom is -0.487 e. The molecule has 2 N–H and O–H groups in total. The molecule has 13 heavy (non-hydrogen) atoms. The monoisotopic (exact) mass is 185 g/mol. The molecule has 0 amide bonds. The minimum absolute atomic E-state index is 0.0782. The van der Waals surface area contributed by atoms with Crippen molar-refractivity contribution >= 4 is 5.95 Å². The van der Waals surface area contributed by atoms with E-state index in [1.807, 2.05) is 0 Å². The smallest absolute Gasteiger partial charge is 0.265 e. The fourth-order valence-electron chi connectivity index (χ4n) is 0.877. The van der Waals surface area contributed by atoms with Crippen molar-refractivity contribution in [2.24, 2.45) is 0 Å². The van der Waals surface area contributed by atoms with Gasteiger partial charge >= 0.3 is 0 Å². The number of rotatable bonds is 3. The highest BCUT2D eigenvalue weighted by Crippen LogP contribution is 2.33. The average Bonchev–Trinajstić information content (AvgIpc) is 2.16. The van der Waals surface area contributed by atoms with Gasteiger partial charge in [0, 0.05) is 0 Å². The number of nitrogen functional groups attached to an aromatic ring is 1. The second kappa shape index (κ2) is 3.79. The lowest BCUT2D eigenvalue weighted by Crippen LogP contribution is -2.03. The zero-order valence-electron chi connectivity index (χ0n) is 7.70. The first-order valence-electron chi connectivity index (χ1n) is 3.52. The molecule has 0 aliphatic rings. The summed E-state index contributed by atoms with van der Waals surface area (Å²) in [5, 5.41) is 0. The van der Waals surface area contributed by atoms with E-state index in [4.69, 9.17) is 19.9 Å². The fraction of sp³-hybridized carbons (Fsp3) is 0.429. The van der Waals surface area contributed by atoms with Crippen molar-refractivity contribution in [1.29, 1.82) is 0 Å². The number of aromatic nitrogens is 2. The van der Waals surface area contributed by atoms with E-state index in [-0.39, 0.29) is 17.7 Å². The van der Waals surface area contributed by atoms with Crippen LogP contribution < -0.4 is 19.9 Å². The van der Waals surface area contributed by atoms with Crippen LogP contribution in [0.25, 0.3) is 0 Å². The molecule has 6 heteroatoms. The Balaban J connectivity index is 3.25. The second-order valence-electron chi connectivity index (χ2n) is 2.13. The molecule has 0 saturated carbocycles. The van der Waals surface area contributed by atoms with Crippen molar-refractivity contribution in [3.63, 3.8) is 0 Å². The predicted octanol–water partition coefficient (Wildman–Crippen LogP) is 0.0846. The summed E-state index contributed by atoms with van der Waals surface area (Å²) in [7, 11) is 4.40. The van der Waals surface area contributed by atoms with Crippen molar-refractivity contribution in [2.75, 3.05) is 27.1 Å². The van der Waals surface area contributed by atoms with E-state index in [9.17, 15) is 0 Å². The van der Waals surface area contributed by atoms with Gasteiger partial charge in [0.25, 0.3) is 11.8 Å². The molecule has 0 aliphatic heterocycles. The Morgan fingerprint density at radius 2 is 1.38 bits per heavy atom. The van der Waals surface area contributed by atoms with Crippen LogP contribution in [0.2, 0.25) is 0 Å². The number of methoxy groups -OCH3 is 3. The van der Waals surface area contributed by atoms with Gasteiger partial charge in [0.05, 0.1) is 21.3 Å². The van der Waals surface area contributed by atoms with Crippen LogP contribution >= 0.6 is 0 Å². The lowest BCUT2D eigenvalue weighted by atomic mass is 10.5. The van der Waals surface area contributed by atoms with Crippen LogP contribution in [0.5, 0.6) is 17.5 Å². The number of nitrogens with zero attached hydrogens (tertiary/aromatic N) is 2. The van der Waals surface area contributed by atoms with Gasteiger partial charge in [-0.1, -0.05) is 0 Å². The first kappa shape index (κ1) is 9.37. The summed E-state index contributed by atoms with van der Waals surface area (Å²) in [6, 6.07) is 0. The number of anilines is 1. The molecule has 0 radical (unpaired) electrons. The summed E-state index contributed by atoms with van der Waals surface area (Å²) in [5.74, 6) is 0.924. The van der Waals surface area contributed by atoms with E-state index >= 15 is 0 Å². The maximum absolute atomic E-state index is 5.40. The molecule has 0 fully saturated rings. The Kier molecular flexibility index (Phi) is 2.73. The molecule has 1 heterocycles. The molecular weight excluding hydrogens is 174 g/mol. The Morgan fingerprint density at radius 3 is 1.69 bits per heavy atom. The zero-order valence-corrected chi connectivity index (χ0v) is 7.70. The van der Waals surface area contributed by atoms with Gasteiger partial charge in [-0.3, -0.25) is 0 Å². The van der Waals surface area contributed by atoms with Gasteiger partial charge in [-0.25, -0.2) is 0 Å². The van der Waals surface area contributed by atoms with Crippen molar-refractivity contribution in [2.45, 2.75) is 0 Å². The van der Waals surface area contributed by atoms with Gasteiger partial charge < -0.3 is 19.9 Å². The molecule has 0 saturated heterocycles. The molecule has 1 aromatic heterocycles. The first-order chi connectivity index (χ1) is 6.22. The predicted molar refractivity (Wildman–Crippen MR) is 46.1 cm³/mol. The molecule has 1 rings (SSSR count). The Bertz CT molecular complexity index is 278. The van der Waals surface area contributed by atoms with Gasteiger partial charge in [-0.2, -0.15) is 9.97 Å². The van der Waals surface area contributed by atoms with Crippen LogP contribution in [-0.2, 0) is 0 Å². The minimum atomic E-state index is 0.0782. The molecule has 0 bridgehead atoms. The molecule has 0 aliphatic carbocycles. The van der Waals surface area contributed by atoms with E-state index in [1.165, 1.54) is 21.3 Å². The van der Waals surface area contributed by atoms with Crippen molar-refractivity contribution < 1.29 is 14.2 Å². The van der Waals surface area contributed by atoms with E-state index in [0.29, 0.717) is 5.75 Å². The van der Waals surface area contributed by atoms with Crippen LogP contribution in [0.1, 0.15) is 0 Å². The van der Waals surface area contributed by atoms with Crippen LogP contribution in [0.4, 0.5) is 5.95 Å². The molecule has 0 spiro atoms.